The summed E-state index contributed by atoms with van der Waals surface area (Å²) in [6, 6.07) is 6.61. The van der Waals surface area contributed by atoms with E-state index in [1.54, 1.807) is 12.1 Å². The van der Waals surface area contributed by atoms with E-state index in [9.17, 15) is 27.1 Å². The standard InChI is InChI=1S/C21H21F3N2O4S/c22-12-31(29,30)25-19-17(26(20(27)28)11-21(19)7-8-21)10-14-4-2-6-16(18(14)24)13-3-1-5-15(23)9-13/h1-6,9,17,19,25H,7-8,10-12H2,(H,27,28). The van der Waals surface area contributed by atoms with E-state index in [0.717, 1.165) is 4.90 Å². The predicted octanol–water partition coefficient (Wildman–Crippen LogP) is 3.53. The number of nitrogens with one attached hydrogen (secondary N) is 1. The van der Waals surface area contributed by atoms with Crippen LogP contribution in [0.4, 0.5) is 18.0 Å². The van der Waals surface area contributed by atoms with Crippen molar-refractivity contribution in [3.63, 3.8) is 0 Å². The van der Waals surface area contributed by atoms with Gasteiger partial charge in [0.15, 0.2) is 0 Å². The van der Waals surface area contributed by atoms with Crippen LogP contribution in [0, 0.1) is 17.0 Å². The first kappa shape index (κ1) is 21.6. The normalized spacial score (nSPS) is 22.1. The minimum absolute atomic E-state index is 0.0949. The second-order valence-electron chi connectivity index (χ2n) is 8.15. The predicted molar refractivity (Wildman–Crippen MR) is 108 cm³/mol. The highest BCUT2D eigenvalue weighted by Gasteiger charge is 2.61. The van der Waals surface area contributed by atoms with Crippen molar-refractivity contribution in [2.24, 2.45) is 5.41 Å². The molecule has 1 saturated carbocycles. The number of hydrogen-bond acceptors (Lipinski definition) is 3. The molecule has 2 fully saturated rings. The molecule has 10 heteroatoms. The number of halogens is 3. The molecule has 1 aliphatic heterocycles. The molecule has 0 aromatic heterocycles. The lowest BCUT2D eigenvalue weighted by molar-refractivity contribution is 0.136. The van der Waals surface area contributed by atoms with Gasteiger partial charge in [0.1, 0.15) is 11.6 Å². The van der Waals surface area contributed by atoms with E-state index in [-0.39, 0.29) is 24.1 Å². The van der Waals surface area contributed by atoms with Gasteiger partial charge in [-0.05, 0) is 42.5 Å². The lowest BCUT2D eigenvalue weighted by Gasteiger charge is -2.28. The summed E-state index contributed by atoms with van der Waals surface area (Å²) in [5.41, 5.74) is 0.0374. The summed E-state index contributed by atoms with van der Waals surface area (Å²) in [5.74, 6) is -1.16. The fourth-order valence-corrected chi connectivity index (χ4v) is 5.34. The summed E-state index contributed by atoms with van der Waals surface area (Å²) in [5, 5.41) is 9.67. The topological polar surface area (TPSA) is 86.7 Å². The molecule has 0 radical (unpaired) electrons. The first-order chi connectivity index (χ1) is 14.7. The molecule has 31 heavy (non-hydrogen) atoms. The number of carboxylic acid groups (broad SMARTS) is 1. The van der Waals surface area contributed by atoms with Crippen molar-refractivity contribution in [1.82, 2.24) is 9.62 Å². The maximum Gasteiger partial charge on any atom is 0.407 e. The van der Waals surface area contributed by atoms with Gasteiger partial charge in [-0.25, -0.2) is 31.1 Å². The summed E-state index contributed by atoms with van der Waals surface area (Å²) >= 11 is 0. The summed E-state index contributed by atoms with van der Waals surface area (Å²) in [7, 11) is -4.25. The SMILES string of the molecule is O=C(O)N1CC2(CC2)C(NS(=O)(=O)CF)C1Cc1cccc(-c2cccc(F)c2)c1F. The molecule has 0 bridgehead atoms. The molecule has 1 amide bonds. The van der Waals surface area contributed by atoms with Gasteiger partial charge in [-0.15, -0.1) is 0 Å². The van der Waals surface area contributed by atoms with E-state index in [0.29, 0.717) is 18.4 Å². The minimum atomic E-state index is -4.25. The zero-order valence-electron chi connectivity index (χ0n) is 16.4. The van der Waals surface area contributed by atoms with Gasteiger partial charge < -0.3 is 10.0 Å². The Kier molecular flexibility index (Phi) is 5.47. The minimum Gasteiger partial charge on any atom is -0.465 e. The van der Waals surface area contributed by atoms with Crippen LogP contribution in [-0.4, -0.2) is 49.2 Å². The summed E-state index contributed by atoms with van der Waals surface area (Å²) in [6.45, 7) is 0.0949. The maximum atomic E-state index is 15.3. The van der Waals surface area contributed by atoms with Gasteiger partial charge in [-0.3, -0.25) is 0 Å². The Labute approximate surface area is 177 Å². The molecule has 2 atom stereocenters. The number of benzene rings is 2. The lowest BCUT2D eigenvalue weighted by atomic mass is 9.91. The number of hydrogen-bond donors (Lipinski definition) is 2. The van der Waals surface area contributed by atoms with Gasteiger partial charge in [0.25, 0.3) is 0 Å². The third kappa shape index (κ3) is 4.14. The fraction of sp³-hybridized carbons (Fsp3) is 0.381. The molecule has 4 rings (SSSR count). The van der Waals surface area contributed by atoms with E-state index in [1.807, 2.05) is 0 Å². The first-order valence-electron chi connectivity index (χ1n) is 9.75. The Balaban J connectivity index is 1.70. The number of sulfonamides is 1. The van der Waals surface area contributed by atoms with Crippen LogP contribution in [-0.2, 0) is 16.4 Å². The van der Waals surface area contributed by atoms with Gasteiger partial charge in [-0.1, -0.05) is 30.3 Å². The van der Waals surface area contributed by atoms with Crippen molar-refractivity contribution in [3.05, 3.63) is 59.7 Å². The Morgan fingerprint density at radius 1 is 1.19 bits per heavy atom. The van der Waals surface area contributed by atoms with Gasteiger partial charge >= 0.3 is 6.09 Å². The van der Waals surface area contributed by atoms with Crippen molar-refractivity contribution in [3.8, 4) is 11.1 Å². The second-order valence-corrected chi connectivity index (χ2v) is 9.84. The highest BCUT2D eigenvalue weighted by molar-refractivity contribution is 7.89. The van der Waals surface area contributed by atoms with Gasteiger partial charge in [0.2, 0.25) is 16.0 Å². The number of amides is 1. The molecule has 2 aromatic rings. The van der Waals surface area contributed by atoms with Gasteiger partial charge in [-0.2, -0.15) is 0 Å². The van der Waals surface area contributed by atoms with Gasteiger partial charge in [0, 0.05) is 17.5 Å². The van der Waals surface area contributed by atoms with Crippen molar-refractivity contribution in [1.29, 1.82) is 0 Å². The van der Waals surface area contributed by atoms with Crippen molar-refractivity contribution >= 4 is 16.1 Å². The molecule has 1 spiro atoms. The average molecular weight is 454 g/mol. The smallest absolute Gasteiger partial charge is 0.407 e. The summed E-state index contributed by atoms with van der Waals surface area (Å²) in [6.07, 6.45) is -0.167. The highest BCUT2D eigenvalue weighted by atomic mass is 32.2. The Bertz CT molecular complexity index is 1120. The van der Waals surface area contributed by atoms with Crippen LogP contribution in [0.2, 0.25) is 0 Å². The van der Waals surface area contributed by atoms with Crippen molar-refractivity contribution in [2.45, 2.75) is 31.3 Å². The van der Waals surface area contributed by atoms with Crippen molar-refractivity contribution < 1.29 is 31.5 Å². The maximum absolute atomic E-state index is 15.3. The first-order valence-corrected chi connectivity index (χ1v) is 11.4. The molecule has 6 nitrogen and oxygen atoms in total. The van der Waals surface area contributed by atoms with Crippen LogP contribution >= 0.6 is 0 Å². The van der Waals surface area contributed by atoms with Crippen LogP contribution in [0.5, 0.6) is 0 Å². The zero-order valence-corrected chi connectivity index (χ0v) is 17.2. The van der Waals surface area contributed by atoms with E-state index in [4.69, 9.17) is 0 Å². The molecule has 2 N–H and O–H groups in total. The number of alkyl halides is 1. The van der Waals surface area contributed by atoms with Crippen LogP contribution in [0.25, 0.3) is 11.1 Å². The summed E-state index contributed by atoms with van der Waals surface area (Å²) < 4.78 is 68.0. The molecule has 1 heterocycles. The molecule has 1 aliphatic carbocycles. The Hall–Kier alpha value is -2.59. The van der Waals surface area contributed by atoms with E-state index >= 15 is 4.39 Å². The van der Waals surface area contributed by atoms with Crippen LogP contribution in [0.3, 0.4) is 0 Å². The van der Waals surface area contributed by atoms with Gasteiger partial charge in [0.05, 0.1) is 12.1 Å². The number of likely N-dealkylation sites (tertiary alicyclic amines) is 1. The number of nitrogens with zero attached hydrogens (tertiary/aromatic N) is 1. The quantitative estimate of drug-likeness (QED) is 0.699. The molecule has 2 aromatic carbocycles. The second kappa shape index (κ2) is 7.83. The Morgan fingerprint density at radius 3 is 2.52 bits per heavy atom. The third-order valence-electron chi connectivity index (χ3n) is 6.16. The van der Waals surface area contributed by atoms with E-state index in [1.165, 1.54) is 30.3 Å². The Morgan fingerprint density at radius 2 is 1.90 bits per heavy atom. The largest absolute Gasteiger partial charge is 0.465 e. The third-order valence-corrected chi connectivity index (χ3v) is 7.06. The van der Waals surface area contributed by atoms with Crippen LogP contribution < -0.4 is 4.72 Å². The zero-order chi connectivity index (χ0) is 22.4. The van der Waals surface area contributed by atoms with Crippen LogP contribution in [0.1, 0.15) is 18.4 Å². The number of rotatable bonds is 6. The molecule has 166 valence electrons. The molecule has 2 aliphatic rings. The fourth-order valence-electron chi connectivity index (χ4n) is 4.48. The lowest BCUT2D eigenvalue weighted by Crippen LogP contribution is -2.49. The molecular weight excluding hydrogens is 433 g/mol. The molecule has 1 saturated heterocycles. The average Bonchev–Trinajstić information content (AvgIpc) is 3.44. The van der Waals surface area contributed by atoms with Crippen molar-refractivity contribution in [2.75, 3.05) is 12.6 Å². The van der Waals surface area contributed by atoms with E-state index in [2.05, 4.69) is 4.72 Å². The molecule has 2 unspecified atom stereocenters. The monoisotopic (exact) mass is 454 g/mol. The number of carbonyl (C=O) groups is 1. The molecular formula is C21H21F3N2O4S. The van der Waals surface area contributed by atoms with E-state index < -0.39 is 51.3 Å². The highest BCUT2D eigenvalue weighted by Crippen LogP contribution is 2.55. The van der Waals surface area contributed by atoms with Crippen LogP contribution in [0.15, 0.2) is 42.5 Å². The summed E-state index contributed by atoms with van der Waals surface area (Å²) in [4.78, 5) is 13.0.